The number of anilines is 2. The zero-order valence-electron chi connectivity index (χ0n) is 14.2. The van der Waals surface area contributed by atoms with Gasteiger partial charge in [0.1, 0.15) is 5.82 Å². The third-order valence-electron chi connectivity index (χ3n) is 5.32. The van der Waals surface area contributed by atoms with E-state index in [-0.39, 0.29) is 0 Å². The maximum absolute atomic E-state index is 5.42. The molecule has 5 heteroatoms. The van der Waals surface area contributed by atoms with Crippen LogP contribution in [-0.2, 0) is 17.7 Å². The quantitative estimate of drug-likeness (QED) is 0.782. The first-order valence-electron chi connectivity index (χ1n) is 9.01. The smallest absolute Gasteiger partial charge is 0.128 e. The Morgan fingerprint density at radius 3 is 2.68 bits per heavy atom. The second kappa shape index (κ2) is 6.08. The summed E-state index contributed by atoms with van der Waals surface area (Å²) in [6, 6.07) is 12.9. The highest BCUT2D eigenvalue weighted by Crippen LogP contribution is 2.30. The maximum Gasteiger partial charge on any atom is 0.128 e. The van der Waals surface area contributed by atoms with Gasteiger partial charge in [0.15, 0.2) is 0 Å². The van der Waals surface area contributed by atoms with Crippen molar-refractivity contribution in [2.45, 2.75) is 13.0 Å². The number of ether oxygens (including phenoxy) is 1. The molecule has 2 aromatic heterocycles. The van der Waals surface area contributed by atoms with E-state index in [4.69, 9.17) is 9.72 Å². The number of hydrogen-bond donors (Lipinski definition) is 1. The van der Waals surface area contributed by atoms with E-state index < -0.39 is 0 Å². The topological polar surface area (TPSA) is 44.4 Å². The lowest BCUT2D eigenvalue weighted by atomic mass is 10.0. The first kappa shape index (κ1) is 14.8. The summed E-state index contributed by atoms with van der Waals surface area (Å²) in [5, 5.41) is 1.35. The van der Waals surface area contributed by atoms with E-state index >= 15 is 0 Å². The first-order chi connectivity index (χ1) is 12.4. The molecule has 0 aliphatic carbocycles. The van der Waals surface area contributed by atoms with Crippen molar-refractivity contribution in [2.24, 2.45) is 0 Å². The van der Waals surface area contributed by atoms with Crippen molar-refractivity contribution in [3.05, 3.63) is 53.9 Å². The Bertz CT molecular complexity index is 880. The normalized spacial score (nSPS) is 17.8. The van der Waals surface area contributed by atoms with Crippen LogP contribution in [0.4, 0.5) is 11.5 Å². The van der Waals surface area contributed by atoms with Gasteiger partial charge in [-0.25, -0.2) is 4.98 Å². The minimum absolute atomic E-state index is 0.791. The van der Waals surface area contributed by atoms with Crippen LogP contribution in [-0.4, -0.2) is 42.8 Å². The Hall–Kier alpha value is -2.53. The average Bonchev–Trinajstić information content (AvgIpc) is 3.07. The van der Waals surface area contributed by atoms with Crippen molar-refractivity contribution in [1.82, 2.24) is 9.97 Å². The van der Waals surface area contributed by atoms with E-state index in [1.807, 2.05) is 6.20 Å². The minimum atomic E-state index is 0.791. The van der Waals surface area contributed by atoms with Gasteiger partial charge in [0, 0.05) is 54.8 Å². The molecule has 0 amide bonds. The lowest BCUT2D eigenvalue weighted by Gasteiger charge is -2.30. The summed E-state index contributed by atoms with van der Waals surface area (Å²) in [4.78, 5) is 13.0. The van der Waals surface area contributed by atoms with Gasteiger partial charge in [-0.15, -0.1) is 0 Å². The summed E-state index contributed by atoms with van der Waals surface area (Å²) in [5.41, 5.74) is 5.26. The first-order valence-corrected chi connectivity index (χ1v) is 9.01. The number of pyridine rings is 1. The van der Waals surface area contributed by atoms with Crippen LogP contribution in [0, 0.1) is 0 Å². The van der Waals surface area contributed by atoms with Crippen molar-refractivity contribution in [2.75, 3.05) is 42.6 Å². The molecule has 2 aliphatic heterocycles. The van der Waals surface area contributed by atoms with Crippen molar-refractivity contribution < 1.29 is 4.74 Å². The highest BCUT2D eigenvalue weighted by Gasteiger charge is 2.21. The second-order valence-corrected chi connectivity index (χ2v) is 6.77. The van der Waals surface area contributed by atoms with Gasteiger partial charge in [0.05, 0.1) is 25.1 Å². The third-order valence-corrected chi connectivity index (χ3v) is 5.32. The molecule has 0 radical (unpaired) electrons. The van der Waals surface area contributed by atoms with Crippen LogP contribution in [0.2, 0.25) is 0 Å². The highest BCUT2D eigenvalue weighted by atomic mass is 16.5. The van der Waals surface area contributed by atoms with E-state index in [1.54, 1.807) is 0 Å². The SMILES string of the molecule is c1ccc2c3c([nH]c2c1)CCN(c1ccc(N2CCOCC2)nc1)C3. The van der Waals surface area contributed by atoms with Crippen molar-refractivity contribution in [3.8, 4) is 0 Å². The van der Waals surface area contributed by atoms with Gasteiger partial charge in [0.25, 0.3) is 0 Å². The summed E-state index contributed by atoms with van der Waals surface area (Å²) >= 11 is 0. The van der Waals surface area contributed by atoms with Gasteiger partial charge in [-0.2, -0.15) is 0 Å². The van der Waals surface area contributed by atoms with E-state index in [2.05, 4.69) is 51.2 Å². The number of benzene rings is 1. The fourth-order valence-corrected chi connectivity index (χ4v) is 3.93. The van der Waals surface area contributed by atoms with Gasteiger partial charge in [-0.1, -0.05) is 18.2 Å². The zero-order chi connectivity index (χ0) is 16.6. The molecular weight excluding hydrogens is 312 g/mol. The number of morpholine rings is 1. The molecule has 5 nitrogen and oxygen atoms in total. The number of H-pyrrole nitrogens is 1. The summed E-state index contributed by atoms with van der Waals surface area (Å²) < 4.78 is 5.42. The van der Waals surface area contributed by atoms with Gasteiger partial charge >= 0.3 is 0 Å². The van der Waals surface area contributed by atoms with Crippen LogP contribution in [0.25, 0.3) is 10.9 Å². The van der Waals surface area contributed by atoms with Crippen LogP contribution < -0.4 is 9.80 Å². The zero-order valence-corrected chi connectivity index (χ0v) is 14.2. The number of para-hydroxylation sites is 1. The van der Waals surface area contributed by atoms with Crippen LogP contribution >= 0.6 is 0 Å². The number of hydrogen-bond acceptors (Lipinski definition) is 4. The lowest BCUT2D eigenvalue weighted by Crippen LogP contribution is -2.36. The molecule has 1 N–H and O–H groups in total. The van der Waals surface area contributed by atoms with Crippen LogP contribution in [0.5, 0.6) is 0 Å². The monoisotopic (exact) mass is 334 g/mol. The highest BCUT2D eigenvalue weighted by molar-refractivity contribution is 5.85. The molecule has 0 bridgehead atoms. The molecular formula is C20H22N4O. The molecule has 0 saturated carbocycles. The molecule has 4 heterocycles. The van der Waals surface area contributed by atoms with E-state index in [1.165, 1.54) is 27.8 Å². The van der Waals surface area contributed by atoms with Crippen LogP contribution in [0.3, 0.4) is 0 Å². The van der Waals surface area contributed by atoms with Crippen LogP contribution in [0.15, 0.2) is 42.6 Å². The van der Waals surface area contributed by atoms with Gasteiger partial charge in [0.2, 0.25) is 0 Å². The van der Waals surface area contributed by atoms with E-state index in [0.717, 1.165) is 51.6 Å². The third kappa shape index (κ3) is 2.65. The van der Waals surface area contributed by atoms with Gasteiger partial charge in [-0.05, 0) is 18.2 Å². The second-order valence-electron chi connectivity index (χ2n) is 6.77. The number of aromatic nitrogens is 2. The Labute approximate surface area is 147 Å². The van der Waals surface area contributed by atoms with E-state index in [9.17, 15) is 0 Å². The Kier molecular flexibility index (Phi) is 3.59. The maximum atomic E-state index is 5.42. The molecule has 0 spiro atoms. The molecule has 1 fully saturated rings. The molecule has 25 heavy (non-hydrogen) atoms. The number of nitrogens with one attached hydrogen (secondary N) is 1. The number of aromatic amines is 1. The lowest BCUT2D eigenvalue weighted by molar-refractivity contribution is 0.122. The van der Waals surface area contributed by atoms with E-state index in [0.29, 0.717) is 0 Å². The number of nitrogens with zero attached hydrogens (tertiary/aromatic N) is 3. The average molecular weight is 334 g/mol. The molecule has 2 aliphatic rings. The standard InChI is InChI=1S/C20H22N4O/c1-2-4-18-16(3-1)17-14-24(8-7-19(17)22-18)15-5-6-20(21-13-15)23-9-11-25-12-10-23/h1-6,13,22H,7-12,14H2. The van der Waals surface area contributed by atoms with Crippen molar-refractivity contribution in [1.29, 1.82) is 0 Å². The van der Waals surface area contributed by atoms with Gasteiger partial charge in [-0.3, -0.25) is 0 Å². The largest absolute Gasteiger partial charge is 0.378 e. The fraction of sp³-hybridized carbons (Fsp3) is 0.350. The summed E-state index contributed by atoms with van der Waals surface area (Å²) in [6.07, 6.45) is 3.07. The summed E-state index contributed by atoms with van der Waals surface area (Å²) in [7, 11) is 0. The molecule has 0 unspecified atom stereocenters. The Morgan fingerprint density at radius 2 is 1.84 bits per heavy atom. The molecule has 128 valence electrons. The molecule has 3 aromatic rings. The molecule has 1 aromatic carbocycles. The number of rotatable bonds is 2. The Morgan fingerprint density at radius 1 is 0.960 bits per heavy atom. The molecule has 0 atom stereocenters. The summed E-state index contributed by atoms with van der Waals surface area (Å²) in [5.74, 6) is 1.05. The Balaban J connectivity index is 1.39. The predicted octanol–water partition coefficient (Wildman–Crippen LogP) is 2.96. The predicted molar refractivity (Wildman–Crippen MR) is 100 cm³/mol. The van der Waals surface area contributed by atoms with Crippen molar-refractivity contribution in [3.63, 3.8) is 0 Å². The molecule has 5 rings (SSSR count). The summed E-state index contributed by atoms with van der Waals surface area (Å²) in [6.45, 7) is 5.40. The van der Waals surface area contributed by atoms with Gasteiger partial charge < -0.3 is 19.5 Å². The van der Waals surface area contributed by atoms with Crippen molar-refractivity contribution >= 4 is 22.4 Å². The fourth-order valence-electron chi connectivity index (χ4n) is 3.93. The number of fused-ring (bicyclic) bond motifs is 3. The molecule has 1 saturated heterocycles. The van der Waals surface area contributed by atoms with Crippen LogP contribution in [0.1, 0.15) is 11.3 Å². The minimum Gasteiger partial charge on any atom is -0.378 e.